The number of benzene rings is 1. The van der Waals surface area contributed by atoms with Crippen LogP contribution < -0.4 is 0 Å². The molecule has 1 aliphatic rings. The Balaban J connectivity index is 2.32. The van der Waals surface area contributed by atoms with Crippen molar-refractivity contribution in [3.05, 3.63) is 53.6 Å². The molecule has 0 aliphatic heterocycles. The molecule has 0 amide bonds. The largest absolute Gasteiger partial charge is 0.287 e. The molecule has 0 aromatic heterocycles. The van der Waals surface area contributed by atoms with E-state index in [0.717, 1.165) is 6.42 Å². The highest BCUT2D eigenvalue weighted by Gasteiger charge is 2.09. The van der Waals surface area contributed by atoms with Gasteiger partial charge in [-0.15, -0.1) is 0 Å². The SMILES string of the molecule is CC(C)(C)/N=C/c1ccccc1C1=CC=CC1. The summed E-state index contributed by atoms with van der Waals surface area (Å²) in [6.07, 6.45) is 9.51. The first-order chi connectivity index (χ1) is 8.06. The van der Waals surface area contributed by atoms with Gasteiger partial charge in [0.05, 0.1) is 5.54 Å². The molecule has 1 heteroatoms. The predicted molar refractivity (Wildman–Crippen MR) is 75.5 cm³/mol. The van der Waals surface area contributed by atoms with Crippen LogP contribution in [-0.4, -0.2) is 11.8 Å². The number of hydrogen-bond acceptors (Lipinski definition) is 1. The van der Waals surface area contributed by atoms with Gasteiger partial charge in [0.2, 0.25) is 0 Å². The van der Waals surface area contributed by atoms with Gasteiger partial charge in [0.25, 0.3) is 0 Å². The van der Waals surface area contributed by atoms with E-state index in [1.165, 1.54) is 16.7 Å². The van der Waals surface area contributed by atoms with Gasteiger partial charge in [0.1, 0.15) is 0 Å². The van der Waals surface area contributed by atoms with Crippen molar-refractivity contribution in [1.82, 2.24) is 0 Å². The van der Waals surface area contributed by atoms with E-state index in [0.29, 0.717) is 0 Å². The van der Waals surface area contributed by atoms with E-state index in [9.17, 15) is 0 Å². The third-order valence-electron chi connectivity index (χ3n) is 2.67. The molecule has 0 atom stereocenters. The summed E-state index contributed by atoms with van der Waals surface area (Å²) in [7, 11) is 0. The molecule has 0 radical (unpaired) electrons. The van der Waals surface area contributed by atoms with Crippen LogP contribution in [0.25, 0.3) is 5.57 Å². The molecule has 0 fully saturated rings. The van der Waals surface area contributed by atoms with Crippen LogP contribution in [0.5, 0.6) is 0 Å². The molecule has 1 aliphatic carbocycles. The Bertz CT molecular complexity index is 484. The van der Waals surface area contributed by atoms with Crippen LogP contribution in [0, 0.1) is 0 Å². The zero-order valence-electron chi connectivity index (χ0n) is 10.8. The lowest BCUT2D eigenvalue weighted by Gasteiger charge is -2.12. The summed E-state index contributed by atoms with van der Waals surface area (Å²) in [5.41, 5.74) is 3.86. The summed E-state index contributed by atoms with van der Waals surface area (Å²) in [6.45, 7) is 6.34. The first-order valence-corrected chi connectivity index (χ1v) is 6.06. The van der Waals surface area contributed by atoms with E-state index < -0.39 is 0 Å². The minimum atomic E-state index is -0.0184. The topological polar surface area (TPSA) is 12.4 Å². The van der Waals surface area contributed by atoms with Crippen molar-refractivity contribution in [2.24, 2.45) is 4.99 Å². The first-order valence-electron chi connectivity index (χ1n) is 6.06. The number of nitrogens with zero attached hydrogens (tertiary/aromatic N) is 1. The third kappa shape index (κ3) is 3.16. The van der Waals surface area contributed by atoms with Crippen LogP contribution in [0.3, 0.4) is 0 Å². The van der Waals surface area contributed by atoms with Crippen LogP contribution in [0.15, 0.2) is 47.5 Å². The second-order valence-electron chi connectivity index (χ2n) is 5.34. The molecule has 0 spiro atoms. The van der Waals surface area contributed by atoms with Crippen LogP contribution in [0.1, 0.15) is 38.3 Å². The highest BCUT2D eigenvalue weighted by Crippen LogP contribution is 2.25. The molecule has 1 aromatic rings. The summed E-state index contributed by atoms with van der Waals surface area (Å²) >= 11 is 0. The van der Waals surface area contributed by atoms with E-state index in [1.54, 1.807) is 0 Å². The second kappa shape index (κ2) is 4.70. The van der Waals surface area contributed by atoms with Crippen molar-refractivity contribution >= 4 is 11.8 Å². The Labute approximate surface area is 104 Å². The zero-order valence-corrected chi connectivity index (χ0v) is 10.8. The normalized spacial score (nSPS) is 15.6. The lowest BCUT2D eigenvalue weighted by Crippen LogP contribution is -2.10. The summed E-state index contributed by atoms with van der Waals surface area (Å²) in [5.74, 6) is 0. The number of rotatable bonds is 2. The molecule has 2 rings (SSSR count). The molecule has 88 valence electrons. The van der Waals surface area contributed by atoms with Crippen molar-refractivity contribution in [2.45, 2.75) is 32.7 Å². The zero-order chi connectivity index (χ0) is 12.3. The van der Waals surface area contributed by atoms with Crippen molar-refractivity contribution in [3.63, 3.8) is 0 Å². The summed E-state index contributed by atoms with van der Waals surface area (Å²) in [5, 5.41) is 0. The van der Waals surface area contributed by atoms with Crippen LogP contribution in [0.4, 0.5) is 0 Å². The Morgan fingerprint density at radius 3 is 2.59 bits per heavy atom. The van der Waals surface area contributed by atoms with Crippen molar-refractivity contribution in [1.29, 1.82) is 0 Å². The standard InChI is InChI=1S/C16H19N/c1-16(2,3)17-12-14-10-6-7-11-15(14)13-8-4-5-9-13/h4-8,10-12H,9H2,1-3H3/b17-12+. The Kier molecular flexibility index (Phi) is 3.28. The fraction of sp³-hybridized carbons (Fsp3) is 0.312. The molecule has 17 heavy (non-hydrogen) atoms. The smallest absolute Gasteiger partial charge is 0.0524 e. The first kappa shape index (κ1) is 11.8. The maximum absolute atomic E-state index is 4.59. The number of allylic oxidation sites excluding steroid dienone is 4. The highest BCUT2D eigenvalue weighted by atomic mass is 14.8. The van der Waals surface area contributed by atoms with Crippen molar-refractivity contribution in [2.75, 3.05) is 0 Å². The predicted octanol–water partition coefficient (Wildman–Crippen LogP) is 4.25. The quantitative estimate of drug-likeness (QED) is 0.667. The summed E-state index contributed by atoms with van der Waals surface area (Å²) in [6, 6.07) is 8.45. The molecular weight excluding hydrogens is 206 g/mol. The van der Waals surface area contributed by atoms with Gasteiger partial charge < -0.3 is 0 Å². The lowest BCUT2D eigenvalue weighted by molar-refractivity contribution is 0.586. The van der Waals surface area contributed by atoms with Gasteiger partial charge in [-0.1, -0.05) is 42.5 Å². The van der Waals surface area contributed by atoms with Crippen LogP contribution >= 0.6 is 0 Å². The third-order valence-corrected chi connectivity index (χ3v) is 2.67. The molecule has 0 heterocycles. The van der Waals surface area contributed by atoms with Gasteiger partial charge in [-0.25, -0.2) is 0 Å². The monoisotopic (exact) mass is 225 g/mol. The lowest BCUT2D eigenvalue weighted by atomic mass is 9.99. The summed E-state index contributed by atoms with van der Waals surface area (Å²) < 4.78 is 0. The highest BCUT2D eigenvalue weighted by molar-refractivity contribution is 5.89. The van der Waals surface area contributed by atoms with Gasteiger partial charge in [0, 0.05) is 6.21 Å². The number of hydrogen-bond donors (Lipinski definition) is 0. The van der Waals surface area contributed by atoms with E-state index in [4.69, 9.17) is 0 Å². The van der Waals surface area contributed by atoms with E-state index >= 15 is 0 Å². The van der Waals surface area contributed by atoms with E-state index in [-0.39, 0.29) is 5.54 Å². The Hall–Kier alpha value is -1.63. The molecule has 0 bridgehead atoms. The number of aliphatic imine (C=N–C) groups is 1. The van der Waals surface area contributed by atoms with Gasteiger partial charge in [0.15, 0.2) is 0 Å². The van der Waals surface area contributed by atoms with Gasteiger partial charge in [-0.2, -0.15) is 0 Å². The minimum absolute atomic E-state index is 0.0184. The van der Waals surface area contributed by atoms with E-state index in [2.05, 4.69) is 68.3 Å². The van der Waals surface area contributed by atoms with Crippen molar-refractivity contribution in [3.8, 4) is 0 Å². The van der Waals surface area contributed by atoms with Gasteiger partial charge in [-0.3, -0.25) is 4.99 Å². The van der Waals surface area contributed by atoms with Gasteiger partial charge >= 0.3 is 0 Å². The van der Waals surface area contributed by atoms with Gasteiger partial charge in [-0.05, 0) is 43.9 Å². The molecule has 0 N–H and O–H groups in total. The maximum atomic E-state index is 4.59. The molecule has 1 nitrogen and oxygen atoms in total. The second-order valence-corrected chi connectivity index (χ2v) is 5.34. The molecule has 0 unspecified atom stereocenters. The van der Waals surface area contributed by atoms with E-state index in [1.807, 2.05) is 6.21 Å². The molecule has 0 saturated carbocycles. The fourth-order valence-corrected chi connectivity index (χ4v) is 1.81. The van der Waals surface area contributed by atoms with Crippen molar-refractivity contribution < 1.29 is 0 Å². The molecule has 1 aromatic carbocycles. The Morgan fingerprint density at radius 1 is 1.18 bits per heavy atom. The fourth-order valence-electron chi connectivity index (χ4n) is 1.81. The maximum Gasteiger partial charge on any atom is 0.0524 e. The summed E-state index contributed by atoms with van der Waals surface area (Å²) in [4.78, 5) is 4.59. The minimum Gasteiger partial charge on any atom is -0.287 e. The Morgan fingerprint density at radius 2 is 1.94 bits per heavy atom. The average molecular weight is 225 g/mol. The van der Waals surface area contributed by atoms with Crippen LogP contribution in [-0.2, 0) is 0 Å². The molecule has 0 saturated heterocycles. The van der Waals surface area contributed by atoms with Crippen LogP contribution in [0.2, 0.25) is 0 Å². The average Bonchev–Trinajstić information content (AvgIpc) is 2.79. The molecular formula is C16H19N.